The first kappa shape index (κ1) is 14.6. The fourth-order valence-electron chi connectivity index (χ4n) is 2.47. The number of ether oxygens (including phenoxy) is 1. The number of carbonyl (C=O) groups is 1. The van der Waals surface area contributed by atoms with E-state index in [4.69, 9.17) is 4.74 Å². The number of rotatable bonds is 2. The van der Waals surface area contributed by atoms with Crippen LogP contribution < -0.4 is 0 Å². The van der Waals surface area contributed by atoms with E-state index in [1.54, 1.807) is 17.3 Å². The normalized spacial score (nSPS) is 18.3. The van der Waals surface area contributed by atoms with Gasteiger partial charge in [0.05, 0.1) is 25.0 Å². The van der Waals surface area contributed by atoms with Crippen molar-refractivity contribution in [3.8, 4) is 0 Å². The van der Waals surface area contributed by atoms with Crippen molar-refractivity contribution in [2.45, 2.75) is 20.0 Å². The van der Waals surface area contributed by atoms with Crippen molar-refractivity contribution < 1.29 is 9.53 Å². The molecule has 2 aromatic heterocycles. The molecule has 0 bridgehead atoms. The summed E-state index contributed by atoms with van der Waals surface area (Å²) in [6.45, 7) is 5.37. The molecule has 0 aliphatic carbocycles. The van der Waals surface area contributed by atoms with Crippen LogP contribution in [0.5, 0.6) is 0 Å². The van der Waals surface area contributed by atoms with Gasteiger partial charge in [0, 0.05) is 24.6 Å². The number of pyridine rings is 1. The summed E-state index contributed by atoms with van der Waals surface area (Å²) >= 11 is 0. The average Bonchev–Trinajstić information content (AvgIpc) is 2.55. The molecule has 1 aliphatic heterocycles. The molecule has 0 saturated carbocycles. The van der Waals surface area contributed by atoms with Crippen molar-refractivity contribution in [2.24, 2.45) is 0 Å². The zero-order valence-corrected chi connectivity index (χ0v) is 12.7. The van der Waals surface area contributed by atoms with Gasteiger partial charge in [-0.2, -0.15) is 0 Å². The molecule has 0 aromatic carbocycles. The van der Waals surface area contributed by atoms with Gasteiger partial charge in [-0.15, -0.1) is 0 Å². The zero-order valence-electron chi connectivity index (χ0n) is 12.7. The molecular weight excluding hydrogens is 280 g/mol. The van der Waals surface area contributed by atoms with Gasteiger partial charge in [0.25, 0.3) is 5.91 Å². The van der Waals surface area contributed by atoms with E-state index in [9.17, 15) is 4.79 Å². The highest BCUT2D eigenvalue weighted by Crippen LogP contribution is 2.23. The third-order valence-electron chi connectivity index (χ3n) is 3.65. The largest absolute Gasteiger partial charge is 0.370 e. The lowest BCUT2D eigenvalue weighted by Gasteiger charge is -2.33. The lowest BCUT2D eigenvalue weighted by molar-refractivity contribution is -0.0230. The second-order valence-corrected chi connectivity index (χ2v) is 5.38. The Kier molecular flexibility index (Phi) is 4.11. The lowest BCUT2D eigenvalue weighted by atomic mass is 10.1. The van der Waals surface area contributed by atoms with Gasteiger partial charge in [-0.05, 0) is 31.5 Å². The first-order valence-electron chi connectivity index (χ1n) is 7.25. The summed E-state index contributed by atoms with van der Waals surface area (Å²) in [5, 5.41) is 0. The Morgan fingerprint density at radius 3 is 2.82 bits per heavy atom. The van der Waals surface area contributed by atoms with Gasteiger partial charge in [0.1, 0.15) is 11.8 Å². The molecular formula is C16H18N4O2. The third kappa shape index (κ3) is 3.12. The molecule has 1 aliphatic rings. The van der Waals surface area contributed by atoms with Crippen LogP contribution in [-0.4, -0.2) is 45.5 Å². The Morgan fingerprint density at radius 2 is 2.09 bits per heavy atom. The maximum absolute atomic E-state index is 12.5. The second kappa shape index (κ2) is 6.19. The van der Waals surface area contributed by atoms with E-state index >= 15 is 0 Å². The predicted octanol–water partition coefficient (Wildman–Crippen LogP) is 1.70. The van der Waals surface area contributed by atoms with Crippen LogP contribution in [0.3, 0.4) is 0 Å². The molecule has 22 heavy (non-hydrogen) atoms. The zero-order chi connectivity index (χ0) is 15.5. The van der Waals surface area contributed by atoms with E-state index in [1.807, 2.05) is 26.0 Å². The van der Waals surface area contributed by atoms with Gasteiger partial charge in [0.2, 0.25) is 0 Å². The molecule has 0 radical (unpaired) electrons. The van der Waals surface area contributed by atoms with Crippen molar-refractivity contribution in [2.75, 3.05) is 19.7 Å². The number of carbonyl (C=O) groups excluding carboxylic acids is 1. The van der Waals surface area contributed by atoms with Crippen LogP contribution in [0.4, 0.5) is 0 Å². The molecule has 0 unspecified atom stereocenters. The Labute approximate surface area is 129 Å². The maximum Gasteiger partial charge on any atom is 0.274 e. The van der Waals surface area contributed by atoms with Gasteiger partial charge < -0.3 is 9.64 Å². The molecule has 1 fully saturated rings. The topological polar surface area (TPSA) is 68.2 Å². The van der Waals surface area contributed by atoms with Gasteiger partial charge in [0.15, 0.2) is 0 Å². The van der Waals surface area contributed by atoms with E-state index in [-0.39, 0.29) is 12.0 Å². The smallest absolute Gasteiger partial charge is 0.274 e. The van der Waals surface area contributed by atoms with Crippen molar-refractivity contribution in [3.63, 3.8) is 0 Å². The average molecular weight is 298 g/mol. The second-order valence-electron chi connectivity index (χ2n) is 5.38. The van der Waals surface area contributed by atoms with Crippen molar-refractivity contribution in [3.05, 3.63) is 53.4 Å². The fraction of sp³-hybridized carbons (Fsp3) is 0.375. The van der Waals surface area contributed by atoms with Crippen LogP contribution in [0.15, 0.2) is 30.7 Å². The highest BCUT2D eigenvalue weighted by molar-refractivity contribution is 5.92. The molecule has 1 amide bonds. The molecule has 1 saturated heterocycles. The third-order valence-corrected chi connectivity index (χ3v) is 3.65. The number of morpholine rings is 1. The van der Waals surface area contributed by atoms with E-state index in [2.05, 4.69) is 15.0 Å². The molecule has 3 rings (SSSR count). The highest BCUT2D eigenvalue weighted by atomic mass is 16.5. The Bertz CT molecular complexity index is 672. The number of amides is 1. The minimum atomic E-state index is -0.127. The molecule has 1 atom stereocenters. The summed E-state index contributed by atoms with van der Waals surface area (Å²) in [5.74, 6) is -0.105. The van der Waals surface area contributed by atoms with E-state index in [0.29, 0.717) is 25.4 Å². The van der Waals surface area contributed by atoms with E-state index in [0.717, 1.165) is 17.0 Å². The standard InChI is InChI=1S/C16H18N4O2/c1-11-7-13(3-4-17-11)15-10-20(5-6-22-15)16(21)14-9-18-12(2)8-19-14/h3-4,7-9,15H,5-6,10H2,1-2H3/t15-/m0/s1. The van der Waals surface area contributed by atoms with Gasteiger partial charge in [-0.1, -0.05) is 0 Å². The fourth-order valence-corrected chi connectivity index (χ4v) is 2.47. The number of aromatic nitrogens is 3. The Balaban J connectivity index is 1.75. The maximum atomic E-state index is 12.5. The van der Waals surface area contributed by atoms with Gasteiger partial charge in [-0.25, -0.2) is 4.98 Å². The summed E-state index contributed by atoms with van der Waals surface area (Å²) in [4.78, 5) is 26.8. The summed E-state index contributed by atoms with van der Waals surface area (Å²) in [6, 6.07) is 3.92. The number of hydrogen-bond donors (Lipinski definition) is 0. The quantitative estimate of drug-likeness (QED) is 0.844. The predicted molar refractivity (Wildman–Crippen MR) is 80.3 cm³/mol. The van der Waals surface area contributed by atoms with Crippen molar-refractivity contribution in [1.29, 1.82) is 0 Å². The molecule has 6 nitrogen and oxygen atoms in total. The minimum absolute atomic E-state index is 0.105. The van der Waals surface area contributed by atoms with Gasteiger partial charge >= 0.3 is 0 Å². The molecule has 3 heterocycles. The minimum Gasteiger partial charge on any atom is -0.370 e. The van der Waals surface area contributed by atoms with Crippen LogP contribution in [0.25, 0.3) is 0 Å². The molecule has 2 aromatic rings. The van der Waals surface area contributed by atoms with Crippen molar-refractivity contribution >= 4 is 5.91 Å². The summed E-state index contributed by atoms with van der Waals surface area (Å²) < 4.78 is 5.80. The van der Waals surface area contributed by atoms with Crippen molar-refractivity contribution in [1.82, 2.24) is 19.9 Å². The number of aryl methyl sites for hydroxylation is 2. The molecule has 0 N–H and O–H groups in total. The van der Waals surface area contributed by atoms with Crippen LogP contribution >= 0.6 is 0 Å². The van der Waals surface area contributed by atoms with Crippen LogP contribution in [0.2, 0.25) is 0 Å². The Morgan fingerprint density at radius 1 is 1.23 bits per heavy atom. The van der Waals surface area contributed by atoms with Crippen LogP contribution in [0.1, 0.15) is 33.5 Å². The monoisotopic (exact) mass is 298 g/mol. The first-order chi connectivity index (χ1) is 10.6. The van der Waals surface area contributed by atoms with Crippen LogP contribution in [-0.2, 0) is 4.74 Å². The highest BCUT2D eigenvalue weighted by Gasteiger charge is 2.27. The first-order valence-corrected chi connectivity index (χ1v) is 7.25. The lowest BCUT2D eigenvalue weighted by Crippen LogP contribution is -2.42. The molecule has 114 valence electrons. The van der Waals surface area contributed by atoms with Gasteiger partial charge in [-0.3, -0.25) is 14.8 Å². The van der Waals surface area contributed by atoms with E-state index < -0.39 is 0 Å². The SMILES string of the molecule is Cc1cnc(C(=O)N2CCO[C@H](c3ccnc(C)c3)C2)cn1. The van der Waals surface area contributed by atoms with Crippen LogP contribution in [0, 0.1) is 13.8 Å². The Hall–Kier alpha value is -2.34. The molecule has 6 heteroatoms. The summed E-state index contributed by atoms with van der Waals surface area (Å²) in [5.41, 5.74) is 3.15. The number of nitrogens with zero attached hydrogens (tertiary/aromatic N) is 4. The molecule has 0 spiro atoms. The number of hydrogen-bond acceptors (Lipinski definition) is 5. The summed E-state index contributed by atoms with van der Waals surface area (Å²) in [7, 11) is 0. The summed E-state index contributed by atoms with van der Waals surface area (Å²) in [6.07, 6.45) is 4.77. The van der Waals surface area contributed by atoms with E-state index in [1.165, 1.54) is 6.20 Å².